The summed E-state index contributed by atoms with van der Waals surface area (Å²) in [7, 11) is 1.68. The standard InChI is InChI=1S/C14H19ClN2O2/c1-16-14(19)10-4-6-17(7-5-10)13-8-12(15)3-2-11(13)9-18/h2-3,8,10,18H,4-7,9H2,1H3,(H,16,19). The zero-order valence-electron chi connectivity index (χ0n) is 11.0. The molecule has 1 fully saturated rings. The van der Waals surface area contributed by atoms with Crippen LogP contribution in [0.2, 0.25) is 5.02 Å². The van der Waals surface area contributed by atoms with E-state index in [4.69, 9.17) is 11.6 Å². The summed E-state index contributed by atoms with van der Waals surface area (Å²) in [6, 6.07) is 5.52. The molecule has 0 unspecified atom stereocenters. The molecule has 0 aromatic heterocycles. The molecule has 104 valence electrons. The first kappa shape index (κ1) is 14.2. The molecule has 0 bridgehead atoms. The lowest BCUT2D eigenvalue weighted by molar-refractivity contribution is -0.125. The largest absolute Gasteiger partial charge is 0.392 e. The average molecular weight is 283 g/mol. The van der Waals surface area contributed by atoms with Crippen molar-refractivity contribution in [1.29, 1.82) is 0 Å². The monoisotopic (exact) mass is 282 g/mol. The van der Waals surface area contributed by atoms with Gasteiger partial charge >= 0.3 is 0 Å². The first-order valence-electron chi connectivity index (χ1n) is 6.51. The fourth-order valence-corrected chi connectivity index (χ4v) is 2.72. The molecule has 2 N–H and O–H groups in total. The number of carbonyl (C=O) groups is 1. The fourth-order valence-electron chi connectivity index (χ4n) is 2.55. The maximum atomic E-state index is 11.6. The molecule has 2 rings (SSSR count). The smallest absolute Gasteiger partial charge is 0.222 e. The van der Waals surface area contributed by atoms with Gasteiger partial charge in [0.2, 0.25) is 5.91 Å². The van der Waals surface area contributed by atoms with Crippen LogP contribution in [0.1, 0.15) is 18.4 Å². The number of anilines is 1. The number of benzene rings is 1. The normalized spacial score (nSPS) is 16.5. The van der Waals surface area contributed by atoms with Gasteiger partial charge in [-0.1, -0.05) is 17.7 Å². The Kier molecular flexibility index (Phi) is 4.66. The van der Waals surface area contributed by atoms with Gasteiger partial charge in [0.05, 0.1) is 6.61 Å². The van der Waals surface area contributed by atoms with E-state index in [-0.39, 0.29) is 18.4 Å². The molecule has 1 amide bonds. The third kappa shape index (κ3) is 3.19. The van der Waals surface area contributed by atoms with Crippen LogP contribution in [0.5, 0.6) is 0 Å². The summed E-state index contributed by atoms with van der Waals surface area (Å²) in [5.41, 5.74) is 1.85. The molecular weight excluding hydrogens is 264 g/mol. The van der Waals surface area contributed by atoms with E-state index in [0.29, 0.717) is 5.02 Å². The number of nitrogens with one attached hydrogen (secondary N) is 1. The van der Waals surface area contributed by atoms with Gasteiger partial charge in [-0.05, 0) is 25.0 Å². The van der Waals surface area contributed by atoms with Gasteiger partial charge < -0.3 is 15.3 Å². The third-order valence-electron chi connectivity index (χ3n) is 3.67. The predicted molar refractivity (Wildman–Crippen MR) is 76.4 cm³/mol. The van der Waals surface area contributed by atoms with E-state index in [9.17, 15) is 9.90 Å². The van der Waals surface area contributed by atoms with Crippen LogP contribution in [0.4, 0.5) is 5.69 Å². The van der Waals surface area contributed by atoms with Crippen LogP contribution in [0, 0.1) is 5.92 Å². The number of piperidine rings is 1. The quantitative estimate of drug-likeness (QED) is 0.889. The molecule has 0 spiro atoms. The van der Waals surface area contributed by atoms with E-state index in [1.807, 2.05) is 12.1 Å². The van der Waals surface area contributed by atoms with Crippen molar-refractivity contribution in [3.05, 3.63) is 28.8 Å². The molecule has 0 atom stereocenters. The van der Waals surface area contributed by atoms with Crippen molar-refractivity contribution < 1.29 is 9.90 Å². The van der Waals surface area contributed by atoms with Crippen molar-refractivity contribution >= 4 is 23.2 Å². The molecule has 4 nitrogen and oxygen atoms in total. The van der Waals surface area contributed by atoms with Crippen LogP contribution in [0.3, 0.4) is 0 Å². The second-order valence-corrected chi connectivity index (χ2v) is 5.24. The highest BCUT2D eigenvalue weighted by atomic mass is 35.5. The molecule has 0 radical (unpaired) electrons. The molecular formula is C14H19ClN2O2. The molecule has 1 heterocycles. The van der Waals surface area contributed by atoms with Crippen LogP contribution in [-0.2, 0) is 11.4 Å². The molecule has 5 heteroatoms. The number of hydrogen-bond acceptors (Lipinski definition) is 3. The van der Waals surface area contributed by atoms with Gasteiger partial charge in [-0.15, -0.1) is 0 Å². The van der Waals surface area contributed by atoms with Crippen molar-refractivity contribution in [2.45, 2.75) is 19.4 Å². The minimum Gasteiger partial charge on any atom is -0.392 e. The van der Waals surface area contributed by atoms with E-state index in [0.717, 1.165) is 37.2 Å². The molecule has 0 aliphatic carbocycles. The summed E-state index contributed by atoms with van der Waals surface area (Å²) < 4.78 is 0. The number of amides is 1. The van der Waals surface area contributed by atoms with E-state index in [2.05, 4.69) is 10.2 Å². The van der Waals surface area contributed by atoms with Gasteiger partial charge in [0.25, 0.3) is 0 Å². The van der Waals surface area contributed by atoms with E-state index >= 15 is 0 Å². The van der Waals surface area contributed by atoms with E-state index in [1.54, 1.807) is 13.1 Å². The second-order valence-electron chi connectivity index (χ2n) is 4.81. The van der Waals surface area contributed by atoms with Crippen molar-refractivity contribution in [2.24, 2.45) is 5.92 Å². The number of aliphatic hydroxyl groups is 1. The Labute approximate surface area is 118 Å². The number of nitrogens with zero attached hydrogens (tertiary/aromatic N) is 1. The van der Waals surface area contributed by atoms with Crippen LogP contribution in [-0.4, -0.2) is 31.2 Å². The van der Waals surface area contributed by atoms with Crippen LogP contribution in [0.25, 0.3) is 0 Å². The molecule has 1 aromatic rings. The summed E-state index contributed by atoms with van der Waals surface area (Å²) in [4.78, 5) is 13.8. The molecule has 19 heavy (non-hydrogen) atoms. The number of halogens is 1. The van der Waals surface area contributed by atoms with Crippen LogP contribution < -0.4 is 10.2 Å². The predicted octanol–water partition coefficient (Wildman–Crippen LogP) is 1.79. The lowest BCUT2D eigenvalue weighted by Crippen LogP contribution is -2.39. The SMILES string of the molecule is CNC(=O)C1CCN(c2cc(Cl)ccc2CO)CC1. The maximum absolute atomic E-state index is 11.6. The summed E-state index contributed by atoms with van der Waals surface area (Å²) >= 11 is 6.02. The van der Waals surface area contributed by atoms with Gasteiger partial charge in [0.15, 0.2) is 0 Å². The second kappa shape index (κ2) is 6.26. The molecule has 1 aliphatic rings. The minimum atomic E-state index is 0.00186. The van der Waals surface area contributed by atoms with Crippen molar-refractivity contribution in [1.82, 2.24) is 5.32 Å². The summed E-state index contributed by atoms with van der Waals surface area (Å²) in [6.07, 6.45) is 1.66. The van der Waals surface area contributed by atoms with Crippen molar-refractivity contribution in [3.63, 3.8) is 0 Å². The van der Waals surface area contributed by atoms with Gasteiger partial charge in [-0.2, -0.15) is 0 Å². The number of rotatable bonds is 3. The Morgan fingerprint density at radius 3 is 2.74 bits per heavy atom. The Balaban J connectivity index is 2.09. The highest BCUT2D eigenvalue weighted by Gasteiger charge is 2.25. The molecule has 1 saturated heterocycles. The van der Waals surface area contributed by atoms with Gasteiger partial charge in [-0.3, -0.25) is 4.79 Å². The Hall–Kier alpha value is -1.26. The number of aliphatic hydroxyl groups excluding tert-OH is 1. The maximum Gasteiger partial charge on any atom is 0.222 e. The lowest BCUT2D eigenvalue weighted by atomic mass is 9.95. The topological polar surface area (TPSA) is 52.6 Å². The van der Waals surface area contributed by atoms with Gasteiger partial charge in [0, 0.05) is 42.3 Å². The van der Waals surface area contributed by atoms with Gasteiger partial charge in [-0.25, -0.2) is 0 Å². The van der Waals surface area contributed by atoms with Crippen molar-refractivity contribution in [3.8, 4) is 0 Å². The average Bonchev–Trinajstić information content (AvgIpc) is 2.46. The molecule has 0 saturated carbocycles. The Morgan fingerprint density at radius 1 is 1.47 bits per heavy atom. The highest BCUT2D eigenvalue weighted by molar-refractivity contribution is 6.30. The fraction of sp³-hybridized carbons (Fsp3) is 0.500. The van der Waals surface area contributed by atoms with E-state index in [1.165, 1.54) is 0 Å². The van der Waals surface area contributed by atoms with Crippen LogP contribution >= 0.6 is 11.6 Å². The summed E-state index contributed by atoms with van der Waals surface area (Å²) in [5.74, 6) is 0.214. The summed E-state index contributed by atoms with van der Waals surface area (Å²) in [5, 5.41) is 12.8. The zero-order chi connectivity index (χ0) is 13.8. The minimum absolute atomic E-state index is 0.00186. The number of hydrogen-bond donors (Lipinski definition) is 2. The zero-order valence-corrected chi connectivity index (χ0v) is 11.8. The summed E-state index contributed by atoms with van der Waals surface area (Å²) in [6.45, 7) is 1.62. The number of carbonyl (C=O) groups excluding carboxylic acids is 1. The van der Waals surface area contributed by atoms with E-state index < -0.39 is 0 Å². The molecule has 1 aromatic carbocycles. The lowest BCUT2D eigenvalue weighted by Gasteiger charge is -2.34. The molecule has 1 aliphatic heterocycles. The van der Waals surface area contributed by atoms with Crippen LogP contribution in [0.15, 0.2) is 18.2 Å². The Bertz CT molecular complexity index is 457. The van der Waals surface area contributed by atoms with Crippen molar-refractivity contribution in [2.75, 3.05) is 25.0 Å². The Morgan fingerprint density at radius 2 is 2.16 bits per heavy atom. The first-order valence-corrected chi connectivity index (χ1v) is 6.89. The highest BCUT2D eigenvalue weighted by Crippen LogP contribution is 2.29. The first-order chi connectivity index (χ1) is 9.15. The van der Waals surface area contributed by atoms with Gasteiger partial charge in [0.1, 0.15) is 0 Å². The third-order valence-corrected chi connectivity index (χ3v) is 3.91.